The topological polar surface area (TPSA) is 88.6 Å². The lowest BCUT2D eigenvalue weighted by molar-refractivity contribution is 0.0923. The zero-order valence-electron chi connectivity index (χ0n) is 17.8. The van der Waals surface area contributed by atoms with Crippen LogP contribution in [0.2, 0.25) is 0 Å². The van der Waals surface area contributed by atoms with Gasteiger partial charge in [0.1, 0.15) is 11.2 Å². The molecule has 2 N–H and O–H groups in total. The van der Waals surface area contributed by atoms with E-state index < -0.39 is 5.91 Å². The summed E-state index contributed by atoms with van der Waals surface area (Å²) in [7, 11) is 0. The summed E-state index contributed by atoms with van der Waals surface area (Å²) in [6, 6.07) is 22.3. The van der Waals surface area contributed by atoms with Gasteiger partial charge in [0.05, 0.1) is 17.6 Å². The molecule has 0 aliphatic heterocycles. The number of hydrogen-bond acceptors (Lipinski definition) is 5. The first-order valence-electron chi connectivity index (χ1n) is 10.7. The predicted octanol–water partition coefficient (Wildman–Crippen LogP) is 3.66. The highest BCUT2D eigenvalue weighted by Gasteiger charge is 2.13. The van der Waals surface area contributed by atoms with Crippen LogP contribution in [-0.2, 0) is 19.6 Å². The molecule has 0 spiro atoms. The van der Waals surface area contributed by atoms with Gasteiger partial charge in [0.2, 0.25) is 0 Å². The van der Waals surface area contributed by atoms with Crippen molar-refractivity contribution in [3.63, 3.8) is 0 Å². The number of carbonyl (C=O) groups excluding carboxylic acids is 1. The quantitative estimate of drug-likeness (QED) is 0.405. The van der Waals surface area contributed by atoms with Crippen LogP contribution in [0.5, 0.6) is 0 Å². The number of nitrogens with zero attached hydrogens (tertiary/aromatic N) is 2. The maximum atomic E-state index is 12.5. The molecule has 0 bridgehead atoms. The van der Waals surface area contributed by atoms with E-state index in [1.807, 2.05) is 47.1 Å². The van der Waals surface area contributed by atoms with Crippen LogP contribution in [0.25, 0.3) is 16.6 Å². The summed E-state index contributed by atoms with van der Waals surface area (Å²) in [4.78, 5) is 29.3. The van der Waals surface area contributed by atoms with Gasteiger partial charge in [-0.25, -0.2) is 4.98 Å². The van der Waals surface area contributed by atoms with E-state index in [4.69, 9.17) is 4.42 Å². The van der Waals surface area contributed by atoms with E-state index in [2.05, 4.69) is 27.8 Å². The van der Waals surface area contributed by atoms with Crippen molar-refractivity contribution >= 4 is 22.5 Å². The van der Waals surface area contributed by atoms with Gasteiger partial charge in [-0.3, -0.25) is 9.59 Å². The van der Waals surface area contributed by atoms with Crippen LogP contribution in [0.1, 0.15) is 27.4 Å². The van der Waals surface area contributed by atoms with E-state index in [0.717, 1.165) is 24.3 Å². The van der Waals surface area contributed by atoms with E-state index >= 15 is 0 Å². The van der Waals surface area contributed by atoms with Crippen molar-refractivity contribution in [1.82, 2.24) is 20.0 Å². The number of fused-ring (bicyclic) bond motifs is 2. The summed E-state index contributed by atoms with van der Waals surface area (Å²) in [5.41, 5.74) is 4.01. The highest BCUT2D eigenvalue weighted by atomic mass is 16.3. The van der Waals surface area contributed by atoms with Gasteiger partial charge in [0.15, 0.2) is 11.2 Å². The van der Waals surface area contributed by atoms with Crippen molar-refractivity contribution in [2.45, 2.75) is 19.6 Å². The van der Waals surface area contributed by atoms with E-state index in [1.165, 1.54) is 11.6 Å². The average Bonchev–Trinajstić information content (AvgIpc) is 3.25. The lowest BCUT2D eigenvalue weighted by Gasteiger charge is -2.05. The Kier molecular flexibility index (Phi) is 5.70. The molecule has 0 aliphatic rings. The van der Waals surface area contributed by atoms with Crippen molar-refractivity contribution in [2.75, 3.05) is 0 Å². The molecular formula is C26H22N4O3. The third-order valence-corrected chi connectivity index (χ3v) is 5.35. The SMILES string of the molecule is O=C(NCc1cn2cc(CNCc3ccccc3)ccc2n1)c1cc(=O)c2ccccc2o1. The van der Waals surface area contributed by atoms with Crippen LogP contribution >= 0.6 is 0 Å². The Bertz CT molecular complexity index is 1490. The second-order valence-electron chi connectivity index (χ2n) is 7.78. The average molecular weight is 438 g/mol. The number of aromatic nitrogens is 2. The minimum atomic E-state index is -0.458. The molecule has 1 amide bonds. The lowest BCUT2D eigenvalue weighted by Crippen LogP contribution is -2.24. The minimum Gasteiger partial charge on any atom is -0.451 e. The Balaban J connectivity index is 1.23. The zero-order chi connectivity index (χ0) is 22.6. The first-order chi connectivity index (χ1) is 16.2. The second kappa shape index (κ2) is 9.10. The Morgan fingerprint density at radius 3 is 2.55 bits per heavy atom. The van der Waals surface area contributed by atoms with Gasteiger partial charge < -0.3 is 19.5 Å². The maximum Gasteiger partial charge on any atom is 0.287 e. The van der Waals surface area contributed by atoms with Gasteiger partial charge >= 0.3 is 0 Å². The molecule has 5 aromatic rings. The number of nitrogens with one attached hydrogen (secondary N) is 2. The Labute approximate surface area is 189 Å². The summed E-state index contributed by atoms with van der Waals surface area (Å²) < 4.78 is 7.53. The van der Waals surface area contributed by atoms with Gasteiger partial charge in [-0.05, 0) is 29.3 Å². The third-order valence-electron chi connectivity index (χ3n) is 5.35. The molecule has 0 aliphatic carbocycles. The van der Waals surface area contributed by atoms with E-state index in [-0.39, 0.29) is 17.7 Å². The molecule has 2 aromatic carbocycles. The summed E-state index contributed by atoms with van der Waals surface area (Å²) in [5, 5.41) is 6.66. The smallest absolute Gasteiger partial charge is 0.287 e. The Morgan fingerprint density at radius 1 is 0.879 bits per heavy atom. The molecule has 164 valence electrons. The number of amides is 1. The van der Waals surface area contributed by atoms with E-state index in [0.29, 0.717) is 16.7 Å². The molecule has 0 atom stereocenters. The van der Waals surface area contributed by atoms with Crippen LogP contribution in [0.4, 0.5) is 0 Å². The lowest BCUT2D eigenvalue weighted by atomic mass is 10.2. The maximum absolute atomic E-state index is 12.5. The summed E-state index contributed by atoms with van der Waals surface area (Å²) in [6.45, 7) is 1.75. The fourth-order valence-corrected chi connectivity index (χ4v) is 3.70. The number of hydrogen-bond donors (Lipinski definition) is 2. The molecule has 33 heavy (non-hydrogen) atoms. The highest BCUT2D eigenvalue weighted by molar-refractivity contribution is 5.93. The van der Waals surface area contributed by atoms with E-state index in [1.54, 1.807) is 24.3 Å². The molecule has 0 saturated carbocycles. The van der Waals surface area contributed by atoms with Crippen LogP contribution in [0.3, 0.4) is 0 Å². The van der Waals surface area contributed by atoms with Crippen molar-refractivity contribution in [3.05, 3.63) is 118 Å². The second-order valence-corrected chi connectivity index (χ2v) is 7.78. The van der Waals surface area contributed by atoms with Crippen molar-refractivity contribution in [1.29, 1.82) is 0 Å². The summed E-state index contributed by atoms with van der Waals surface area (Å²) in [5.74, 6) is -0.477. The van der Waals surface area contributed by atoms with Gasteiger partial charge in [-0.15, -0.1) is 0 Å². The number of para-hydroxylation sites is 1. The fourth-order valence-electron chi connectivity index (χ4n) is 3.70. The molecule has 0 fully saturated rings. The van der Waals surface area contributed by atoms with Crippen LogP contribution in [0.15, 0.2) is 94.4 Å². The van der Waals surface area contributed by atoms with Crippen LogP contribution in [-0.4, -0.2) is 15.3 Å². The first kappa shape index (κ1) is 20.7. The number of rotatable bonds is 7. The highest BCUT2D eigenvalue weighted by Crippen LogP contribution is 2.12. The number of pyridine rings is 1. The molecule has 7 heteroatoms. The third kappa shape index (κ3) is 4.68. The molecule has 0 unspecified atom stereocenters. The van der Waals surface area contributed by atoms with Gasteiger partial charge in [-0.1, -0.05) is 48.5 Å². The Hall–Kier alpha value is -4.23. The Morgan fingerprint density at radius 2 is 1.67 bits per heavy atom. The van der Waals surface area contributed by atoms with Crippen molar-refractivity contribution in [3.8, 4) is 0 Å². The number of imidazole rings is 1. The standard InChI is InChI=1S/C26H22N4O3/c31-22-12-24(33-23-9-5-4-8-21(22)23)26(32)28-15-20-17-30-16-19(10-11-25(30)29-20)14-27-13-18-6-2-1-3-7-18/h1-12,16-17,27H,13-15H2,(H,28,32). The molecule has 0 radical (unpaired) electrons. The predicted molar refractivity (Wildman–Crippen MR) is 126 cm³/mol. The first-order valence-corrected chi connectivity index (χ1v) is 10.7. The molecule has 7 nitrogen and oxygen atoms in total. The fraction of sp³-hybridized carbons (Fsp3) is 0.115. The van der Waals surface area contributed by atoms with Crippen LogP contribution < -0.4 is 16.1 Å². The largest absolute Gasteiger partial charge is 0.451 e. The monoisotopic (exact) mass is 438 g/mol. The van der Waals surface area contributed by atoms with Crippen LogP contribution in [0, 0.1) is 0 Å². The summed E-state index contributed by atoms with van der Waals surface area (Å²) in [6.07, 6.45) is 3.90. The molecule has 0 saturated heterocycles. The van der Waals surface area contributed by atoms with Gasteiger partial charge in [-0.2, -0.15) is 0 Å². The molecular weight excluding hydrogens is 416 g/mol. The zero-order valence-corrected chi connectivity index (χ0v) is 17.8. The molecule has 5 rings (SSSR count). The van der Waals surface area contributed by atoms with Gasteiger partial charge in [0, 0.05) is 31.5 Å². The van der Waals surface area contributed by atoms with Crippen molar-refractivity contribution < 1.29 is 9.21 Å². The van der Waals surface area contributed by atoms with Gasteiger partial charge in [0.25, 0.3) is 5.91 Å². The number of carbonyl (C=O) groups is 1. The summed E-state index contributed by atoms with van der Waals surface area (Å²) >= 11 is 0. The van der Waals surface area contributed by atoms with E-state index in [9.17, 15) is 9.59 Å². The normalized spacial score (nSPS) is 11.2. The minimum absolute atomic E-state index is 0.0192. The van der Waals surface area contributed by atoms with Crippen molar-refractivity contribution in [2.24, 2.45) is 0 Å². The molecule has 3 aromatic heterocycles. The number of benzene rings is 2. The molecule has 3 heterocycles.